The Hall–Kier alpha value is -1.68. The van der Waals surface area contributed by atoms with Crippen molar-refractivity contribution in [2.24, 2.45) is 5.73 Å². The third-order valence-corrected chi connectivity index (χ3v) is 2.18. The standard InChI is InChI=1S/C11H14N2O2/c1-13-11(15)6-10(12)9-4-2-8(7-14)3-5-9/h2-5,7,10H,6,12H2,1H3,(H,13,15). The maximum absolute atomic E-state index is 11.1. The van der Waals surface area contributed by atoms with Crippen LogP contribution in [0.25, 0.3) is 0 Å². The van der Waals surface area contributed by atoms with Crippen LogP contribution >= 0.6 is 0 Å². The molecule has 0 spiro atoms. The molecule has 0 heterocycles. The fraction of sp³-hybridized carbons (Fsp3) is 0.273. The zero-order valence-corrected chi connectivity index (χ0v) is 8.57. The van der Waals surface area contributed by atoms with Gasteiger partial charge < -0.3 is 11.1 Å². The van der Waals surface area contributed by atoms with E-state index in [9.17, 15) is 9.59 Å². The topological polar surface area (TPSA) is 72.2 Å². The second kappa shape index (κ2) is 5.26. The molecular weight excluding hydrogens is 192 g/mol. The van der Waals surface area contributed by atoms with Crippen molar-refractivity contribution in [3.8, 4) is 0 Å². The molecule has 0 saturated carbocycles. The van der Waals surface area contributed by atoms with Crippen LogP contribution < -0.4 is 11.1 Å². The maximum atomic E-state index is 11.1. The van der Waals surface area contributed by atoms with E-state index in [0.717, 1.165) is 11.8 Å². The molecule has 4 nitrogen and oxygen atoms in total. The molecule has 15 heavy (non-hydrogen) atoms. The van der Waals surface area contributed by atoms with Gasteiger partial charge in [0.25, 0.3) is 0 Å². The number of hydrogen-bond acceptors (Lipinski definition) is 3. The molecule has 1 amide bonds. The lowest BCUT2D eigenvalue weighted by atomic mass is 10.0. The van der Waals surface area contributed by atoms with Crippen LogP contribution in [-0.4, -0.2) is 19.2 Å². The predicted octanol–water partition coefficient (Wildman–Crippen LogP) is 0.635. The first-order valence-corrected chi connectivity index (χ1v) is 4.68. The SMILES string of the molecule is CNC(=O)CC(N)c1ccc(C=O)cc1. The molecule has 1 aromatic carbocycles. The molecule has 1 atom stereocenters. The predicted molar refractivity (Wildman–Crippen MR) is 57.4 cm³/mol. The van der Waals surface area contributed by atoms with E-state index in [1.807, 2.05) is 0 Å². The molecule has 0 aliphatic rings. The van der Waals surface area contributed by atoms with Gasteiger partial charge >= 0.3 is 0 Å². The summed E-state index contributed by atoms with van der Waals surface area (Å²) in [6.07, 6.45) is 1.02. The van der Waals surface area contributed by atoms with Gasteiger partial charge in [-0.05, 0) is 5.56 Å². The first-order chi connectivity index (χ1) is 7.17. The normalized spacial score (nSPS) is 11.9. The number of hydrogen-bond donors (Lipinski definition) is 2. The molecule has 3 N–H and O–H groups in total. The summed E-state index contributed by atoms with van der Waals surface area (Å²) in [4.78, 5) is 21.5. The Morgan fingerprint density at radius 1 is 1.47 bits per heavy atom. The lowest BCUT2D eigenvalue weighted by Gasteiger charge is -2.10. The van der Waals surface area contributed by atoms with Crippen molar-refractivity contribution in [1.29, 1.82) is 0 Å². The first-order valence-electron chi connectivity index (χ1n) is 4.68. The highest BCUT2D eigenvalue weighted by Gasteiger charge is 2.09. The van der Waals surface area contributed by atoms with E-state index in [1.54, 1.807) is 31.3 Å². The Labute approximate surface area is 88.5 Å². The minimum absolute atomic E-state index is 0.0954. The summed E-state index contributed by atoms with van der Waals surface area (Å²) in [7, 11) is 1.57. The fourth-order valence-corrected chi connectivity index (χ4v) is 1.24. The molecule has 0 saturated heterocycles. The van der Waals surface area contributed by atoms with Crippen LogP contribution in [0.3, 0.4) is 0 Å². The van der Waals surface area contributed by atoms with E-state index >= 15 is 0 Å². The maximum Gasteiger partial charge on any atom is 0.221 e. The Morgan fingerprint density at radius 2 is 2.07 bits per heavy atom. The minimum Gasteiger partial charge on any atom is -0.359 e. The van der Waals surface area contributed by atoms with Gasteiger partial charge in [0.2, 0.25) is 5.91 Å². The number of rotatable bonds is 4. The lowest BCUT2D eigenvalue weighted by Crippen LogP contribution is -2.24. The average molecular weight is 206 g/mol. The molecular formula is C11H14N2O2. The molecule has 0 aliphatic carbocycles. The highest BCUT2D eigenvalue weighted by Crippen LogP contribution is 2.14. The van der Waals surface area contributed by atoms with Crippen molar-refractivity contribution in [3.05, 3.63) is 35.4 Å². The smallest absolute Gasteiger partial charge is 0.221 e. The van der Waals surface area contributed by atoms with Crippen LogP contribution in [0.1, 0.15) is 28.4 Å². The van der Waals surface area contributed by atoms with Crippen LogP contribution in [0, 0.1) is 0 Å². The number of carbonyl (C=O) groups excluding carboxylic acids is 2. The van der Waals surface area contributed by atoms with Gasteiger partial charge in [0.15, 0.2) is 0 Å². The van der Waals surface area contributed by atoms with E-state index in [-0.39, 0.29) is 18.4 Å². The van der Waals surface area contributed by atoms with Crippen molar-refractivity contribution in [1.82, 2.24) is 5.32 Å². The number of nitrogens with one attached hydrogen (secondary N) is 1. The van der Waals surface area contributed by atoms with Gasteiger partial charge in [-0.3, -0.25) is 9.59 Å². The molecule has 0 aliphatic heterocycles. The highest BCUT2D eigenvalue weighted by atomic mass is 16.1. The first kappa shape index (κ1) is 11.4. The Bertz CT molecular complexity index is 346. The quantitative estimate of drug-likeness (QED) is 0.710. The Balaban J connectivity index is 2.69. The Kier molecular flexibility index (Phi) is 4.00. The lowest BCUT2D eigenvalue weighted by molar-refractivity contribution is -0.120. The van der Waals surface area contributed by atoms with Crippen LogP contribution in [0.5, 0.6) is 0 Å². The summed E-state index contributed by atoms with van der Waals surface area (Å²) in [5.41, 5.74) is 7.27. The van der Waals surface area contributed by atoms with Gasteiger partial charge in [-0.2, -0.15) is 0 Å². The second-order valence-corrected chi connectivity index (χ2v) is 3.27. The van der Waals surface area contributed by atoms with E-state index < -0.39 is 0 Å². The molecule has 0 bridgehead atoms. The fourth-order valence-electron chi connectivity index (χ4n) is 1.24. The van der Waals surface area contributed by atoms with E-state index in [2.05, 4.69) is 5.32 Å². The van der Waals surface area contributed by atoms with Gasteiger partial charge in [0.1, 0.15) is 6.29 Å². The van der Waals surface area contributed by atoms with Gasteiger partial charge in [-0.1, -0.05) is 24.3 Å². The highest BCUT2D eigenvalue weighted by molar-refractivity contribution is 5.77. The number of carbonyl (C=O) groups is 2. The summed E-state index contributed by atoms with van der Waals surface area (Å²) in [6, 6.07) is 6.57. The van der Waals surface area contributed by atoms with Gasteiger partial charge in [-0.15, -0.1) is 0 Å². The summed E-state index contributed by atoms with van der Waals surface area (Å²) >= 11 is 0. The van der Waals surface area contributed by atoms with Crippen molar-refractivity contribution < 1.29 is 9.59 Å². The van der Waals surface area contributed by atoms with Crippen molar-refractivity contribution >= 4 is 12.2 Å². The van der Waals surface area contributed by atoms with Crippen molar-refractivity contribution in [2.75, 3.05) is 7.05 Å². The number of aldehydes is 1. The van der Waals surface area contributed by atoms with Crippen LogP contribution in [0.15, 0.2) is 24.3 Å². The van der Waals surface area contributed by atoms with Crippen LogP contribution in [-0.2, 0) is 4.79 Å². The van der Waals surface area contributed by atoms with Gasteiger partial charge in [0, 0.05) is 25.1 Å². The number of benzene rings is 1. The second-order valence-electron chi connectivity index (χ2n) is 3.27. The summed E-state index contributed by atoms with van der Waals surface area (Å²) in [5, 5.41) is 2.51. The van der Waals surface area contributed by atoms with Gasteiger partial charge in [0.05, 0.1) is 0 Å². The molecule has 1 rings (SSSR count). The van der Waals surface area contributed by atoms with E-state index in [4.69, 9.17) is 5.73 Å². The molecule has 0 radical (unpaired) electrons. The molecule has 80 valence electrons. The Morgan fingerprint density at radius 3 is 2.53 bits per heavy atom. The summed E-state index contributed by atoms with van der Waals surface area (Å²) < 4.78 is 0. The number of amides is 1. The van der Waals surface area contributed by atoms with E-state index in [0.29, 0.717) is 5.56 Å². The minimum atomic E-state index is -0.328. The van der Waals surface area contributed by atoms with Gasteiger partial charge in [-0.25, -0.2) is 0 Å². The number of nitrogens with two attached hydrogens (primary N) is 1. The average Bonchev–Trinajstić information content (AvgIpc) is 2.29. The third kappa shape index (κ3) is 3.18. The monoisotopic (exact) mass is 206 g/mol. The molecule has 0 fully saturated rings. The van der Waals surface area contributed by atoms with Crippen molar-refractivity contribution in [3.63, 3.8) is 0 Å². The molecule has 1 unspecified atom stereocenters. The largest absolute Gasteiger partial charge is 0.359 e. The van der Waals surface area contributed by atoms with Crippen LogP contribution in [0.2, 0.25) is 0 Å². The molecule has 0 aromatic heterocycles. The van der Waals surface area contributed by atoms with Crippen molar-refractivity contribution in [2.45, 2.75) is 12.5 Å². The third-order valence-electron chi connectivity index (χ3n) is 2.18. The molecule has 4 heteroatoms. The summed E-state index contributed by atoms with van der Waals surface area (Å²) in [5.74, 6) is -0.0954. The zero-order chi connectivity index (χ0) is 11.3. The zero-order valence-electron chi connectivity index (χ0n) is 8.57. The van der Waals surface area contributed by atoms with E-state index in [1.165, 1.54) is 0 Å². The molecule has 1 aromatic rings. The van der Waals surface area contributed by atoms with Crippen LogP contribution in [0.4, 0.5) is 0 Å². The summed E-state index contributed by atoms with van der Waals surface area (Å²) in [6.45, 7) is 0.